The van der Waals surface area contributed by atoms with Crippen LogP contribution >= 0.6 is 11.3 Å². The zero-order valence-corrected chi connectivity index (χ0v) is 16.5. The van der Waals surface area contributed by atoms with Crippen LogP contribution in [0.5, 0.6) is 11.6 Å². The normalized spacial score (nSPS) is 11.0. The molecule has 7 nitrogen and oxygen atoms in total. The van der Waals surface area contributed by atoms with E-state index in [1.54, 1.807) is 43.2 Å². The van der Waals surface area contributed by atoms with Gasteiger partial charge in [-0.15, -0.1) is 0 Å². The molecule has 0 saturated heterocycles. The van der Waals surface area contributed by atoms with E-state index in [1.807, 2.05) is 32.0 Å². The third-order valence-electron chi connectivity index (χ3n) is 3.89. The van der Waals surface area contributed by atoms with Crippen LogP contribution in [0.4, 0.5) is 10.9 Å². The van der Waals surface area contributed by atoms with Crippen LogP contribution in [-0.2, 0) is 0 Å². The lowest BCUT2D eigenvalue weighted by molar-refractivity contribution is 0.227. The van der Waals surface area contributed by atoms with Crippen molar-refractivity contribution in [2.45, 2.75) is 20.0 Å². The van der Waals surface area contributed by atoms with Gasteiger partial charge in [-0.3, -0.25) is 4.98 Å². The summed E-state index contributed by atoms with van der Waals surface area (Å²) in [5.41, 5.74) is 2.90. The summed E-state index contributed by atoms with van der Waals surface area (Å²) >= 11 is 1.56. The molecule has 8 heteroatoms. The molecule has 0 aliphatic rings. The summed E-state index contributed by atoms with van der Waals surface area (Å²) in [5.74, 6) is 1.77. The third kappa shape index (κ3) is 3.86. The minimum atomic E-state index is 0.0321. The van der Waals surface area contributed by atoms with Crippen LogP contribution < -0.4 is 14.8 Å². The molecule has 1 aromatic carbocycles. The van der Waals surface area contributed by atoms with Crippen molar-refractivity contribution in [2.75, 3.05) is 12.4 Å². The number of pyridine rings is 1. The Morgan fingerprint density at radius 2 is 1.93 bits per heavy atom. The molecule has 4 rings (SSSR count). The number of benzene rings is 1. The lowest BCUT2D eigenvalue weighted by Crippen LogP contribution is -2.07. The summed E-state index contributed by atoms with van der Waals surface area (Å²) in [6.07, 6.45) is 6.76. The van der Waals surface area contributed by atoms with E-state index in [1.165, 1.54) is 0 Å². The molecule has 0 fully saturated rings. The Kier molecular flexibility index (Phi) is 5.03. The van der Waals surface area contributed by atoms with Crippen LogP contribution in [0.3, 0.4) is 0 Å². The molecular weight excluding hydrogens is 374 g/mol. The highest BCUT2D eigenvalue weighted by Crippen LogP contribution is 2.34. The molecule has 142 valence electrons. The van der Waals surface area contributed by atoms with Crippen molar-refractivity contribution in [2.24, 2.45) is 0 Å². The second-order valence-electron chi connectivity index (χ2n) is 6.32. The maximum absolute atomic E-state index is 5.84. The van der Waals surface area contributed by atoms with Gasteiger partial charge in [-0.25, -0.2) is 15.0 Å². The van der Waals surface area contributed by atoms with Crippen molar-refractivity contribution < 1.29 is 9.47 Å². The zero-order valence-electron chi connectivity index (χ0n) is 15.7. The van der Waals surface area contributed by atoms with E-state index in [4.69, 9.17) is 9.47 Å². The first-order valence-electron chi connectivity index (χ1n) is 8.77. The molecular formula is C20H19N5O2S. The van der Waals surface area contributed by atoms with Crippen LogP contribution in [-0.4, -0.2) is 33.1 Å². The van der Waals surface area contributed by atoms with Crippen molar-refractivity contribution in [3.63, 3.8) is 0 Å². The lowest BCUT2D eigenvalue weighted by Gasteiger charge is -2.13. The second kappa shape index (κ2) is 7.77. The summed E-state index contributed by atoms with van der Waals surface area (Å²) in [7, 11) is 1.59. The predicted octanol–water partition coefficient (Wildman–Crippen LogP) is 4.69. The molecule has 0 radical (unpaired) electrons. The molecule has 3 aromatic heterocycles. The first kappa shape index (κ1) is 18.1. The first-order valence-corrected chi connectivity index (χ1v) is 9.58. The Hall–Kier alpha value is -3.26. The number of nitrogens with one attached hydrogen (secondary N) is 1. The van der Waals surface area contributed by atoms with Crippen LogP contribution in [0, 0.1) is 0 Å². The van der Waals surface area contributed by atoms with Gasteiger partial charge in [0.2, 0.25) is 0 Å². The first-order chi connectivity index (χ1) is 13.6. The summed E-state index contributed by atoms with van der Waals surface area (Å²) in [4.78, 5) is 17.3. The number of rotatable bonds is 6. The molecule has 0 bridgehead atoms. The van der Waals surface area contributed by atoms with E-state index in [0.717, 1.165) is 26.5 Å². The lowest BCUT2D eigenvalue weighted by atomic mass is 10.1. The highest BCUT2D eigenvalue weighted by molar-refractivity contribution is 7.22. The summed E-state index contributed by atoms with van der Waals surface area (Å²) < 4.78 is 12.2. The topological polar surface area (TPSA) is 82.1 Å². The molecule has 4 aromatic rings. The Morgan fingerprint density at radius 3 is 2.68 bits per heavy atom. The van der Waals surface area contributed by atoms with E-state index in [0.29, 0.717) is 17.4 Å². The van der Waals surface area contributed by atoms with E-state index in [-0.39, 0.29) is 6.10 Å². The maximum Gasteiger partial charge on any atom is 0.256 e. The van der Waals surface area contributed by atoms with Crippen molar-refractivity contribution in [1.29, 1.82) is 0 Å². The molecule has 0 saturated carbocycles. The Labute approximate surface area is 166 Å². The van der Waals surface area contributed by atoms with Gasteiger partial charge in [-0.1, -0.05) is 17.4 Å². The fourth-order valence-corrected chi connectivity index (χ4v) is 3.62. The summed E-state index contributed by atoms with van der Waals surface area (Å²) in [6, 6.07) is 8.07. The fourth-order valence-electron chi connectivity index (χ4n) is 2.71. The number of methoxy groups -OCH3 is 1. The van der Waals surface area contributed by atoms with Gasteiger partial charge in [0.05, 0.1) is 29.6 Å². The molecule has 0 aliphatic heterocycles. The summed E-state index contributed by atoms with van der Waals surface area (Å²) in [6.45, 7) is 3.95. The maximum atomic E-state index is 5.84. The van der Waals surface area contributed by atoms with E-state index in [2.05, 4.69) is 31.3 Å². The Bertz CT molecular complexity index is 1100. The van der Waals surface area contributed by atoms with Crippen molar-refractivity contribution in [3.05, 3.63) is 49.1 Å². The fraction of sp³-hybridized carbons (Fsp3) is 0.200. The molecule has 0 atom stereocenters. The molecule has 1 N–H and O–H groups in total. The van der Waals surface area contributed by atoms with Gasteiger partial charge < -0.3 is 14.8 Å². The third-order valence-corrected chi connectivity index (χ3v) is 4.83. The number of nitrogens with zero attached hydrogens (tertiary/aromatic N) is 4. The monoisotopic (exact) mass is 393 g/mol. The second-order valence-corrected chi connectivity index (χ2v) is 7.35. The molecule has 0 amide bonds. The van der Waals surface area contributed by atoms with Crippen LogP contribution in [0.15, 0.2) is 49.1 Å². The van der Waals surface area contributed by atoms with Gasteiger partial charge in [0.25, 0.3) is 5.88 Å². The SMILES string of the molecule is COc1ncc(-c2ccc3nc(Nc4cnccn4)sc3c2)cc1OC(C)C. The molecule has 0 aliphatic carbocycles. The standard InChI is InChI=1S/C20H19N5O2S/c1-12(2)27-16-8-14(10-23-19(16)26-3)13-4-5-15-17(9-13)28-20(24-15)25-18-11-21-6-7-22-18/h4-12H,1-3H3,(H,22,24,25). The van der Waals surface area contributed by atoms with Gasteiger partial charge in [-0.05, 0) is 37.6 Å². The summed E-state index contributed by atoms with van der Waals surface area (Å²) in [5, 5.41) is 3.95. The molecule has 28 heavy (non-hydrogen) atoms. The van der Waals surface area contributed by atoms with Gasteiger partial charge in [0, 0.05) is 24.2 Å². The van der Waals surface area contributed by atoms with Gasteiger partial charge in [-0.2, -0.15) is 0 Å². The Balaban J connectivity index is 1.66. The number of hydrogen-bond acceptors (Lipinski definition) is 8. The van der Waals surface area contributed by atoms with Crippen LogP contribution in [0.1, 0.15) is 13.8 Å². The zero-order chi connectivity index (χ0) is 19.5. The number of hydrogen-bond donors (Lipinski definition) is 1. The van der Waals surface area contributed by atoms with Crippen LogP contribution in [0.2, 0.25) is 0 Å². The average molecular weight is 393 g/mol. The van der Waals surface area contributed by atoms with Gasteiger partial charge in [0.1, 0.15) is 0 Å². The van der Waals surface area contributed by atoms with Crippen molar-refractivity contribution in [1.82, 2.24) is 19.9 Å². The number of ether oxygens (including phenoxy) is 2. The van der Waals surface area contributed by atoms with E-state index >= 15 is 0 Å². The van der Waals surface area contributed by atoms with Crippen LogP contribution in [0.25, 0.3) is 21.3 Å². The minimum Gasteiger partial charge on any atom is -0.485 e. The van der Waals surface area contributed by atoms with Gasteiger partial charge in [0.15, 0.2) is 16.7 Å². The molecule has 0 spiro atoms. The van der Waals surface area contributed by atoms with E-state index in [9.17, 15) is 0 Å². The molecule has 3 heterocycles. The number of anilines is 2. The minimum absolute atomic E-state index is 0.0321. The van der Waals surface area contributed by atoms with Crippen molar-refractivity contribution >= 4 is 32.5 Å². The predicted molar refractivity (Wildman–Crippen MR) is 110 cm³/mol. The Morgan fingerprint density at radius 1 is 1.04 bits per heavy atom. The highest BCUT2D eigenvalue weighted by Gasteiger charge is 2.12. The smallest absolute Gasteiger partial charge is 0.256 e. The van der Waals surface area contributed by atoms with Crippen molar-refractivity contribution in [3.8, 4) is 22.8 Å². The number of aromatic nitrogens is 4. The van der Waals surface area contributed by atoms with E-state index < -0.39 is 0 Å². The highest BCUT2D eigenvalue weighted by atomic mass is 32.1. The number of fused-ring (bicyclic) bond motifs is 1. The quantitative estimate of drug-likeness (QED) is 0.509. The average Bonchev–Trinajstić information content (AvgIpc) is 3.09. The number of thiazole rings is 1. The molecule has 0 unspecified atom stereocenters. The largest absolute Gasteiger partial charge is 0.485 e. The van der Waals surface area contributed by atoms with Gasteiger partial charge >= 0.3 is 0 Å².